The molecule has 2 aromatic carbocycles. The molecule has 146 valence electrons. The number of anilines is 2. The van der Waals surface area contributed by atoms with Crippen LogP contribution in [0, 0.1) is 0 Å². The molecule has 1 atom stereocenters. The molecule has 2 rings (SSSR count). The first-order valence-corrected chi connectivity index (χ1v) is 8.74. The molecule has 1 unspecified atom stereocenters. The standard InChI is InChI=1S/C20H25N3O3.ClH/c1-3-5-18(21)20(25)23-15-8-6-14(7-9-15)19(24)22-16-10-12-17(13-11-16)26-4-2;/h6-13,18H,3-5,21H2,1-2H3,(H,22,24)(H,23,25);1H. The largest absolute Gasteiger partial charge is 0.494 e. The molecule has 0 heterocycles. The summed E-state index contributed by atoms with van der Waals surface area (Å²) in [6.45, 7) is 4.49. The number of nitrogens with two attached hydrogens (primary N) is 1. The van der Waals surface area contributed by atoms with Crippen LogP contribution in [-0.2, 0) is 4.79 Å². The van der Waals surface area contributed by atoms with Gasteiger partial charge in [-0.15, -0.1) is 12.4 Å². The monoisotopic (exact) mass is 391 g/mol. The summed E-state index contributed by atoms with van der Waals surface area (Å²) >= 11 is 0. The lowest BCUT2D eigenvalue weighted by molar-refractivity contribution is -0.117. The number of carbonyl (C=O) groups is 2. The summed E-state index contributed by atoms with van der Waals surface area (Å²) in [7, 11) is 0. The molecule has 0 bridgehead atoms. The normalized spacial score (nSPS) is 11.1. The van der Waals surface area contributed by atoms with Crippen molar-refractivity contribution >= 4 is 35.6 Å². The molecule has 0 spiro atoms. The van der Waals surface area contributed by atoms with Crippen molar-refractivity contribution in [2.45, 2.75) is 32.7 Å². The van der Waals surface area contributed by atoms with E-state index in [1.54, 1.807) is 48.5 Å². The smallest absolute Gasteiger partial charge is 0.255 e. The summed E-state index contributed by atoms with van der Waals surface area (Å²) < 4.78 is 5.37. The maximum absolute atomic E-state index is 12.3. The lowest BCUT2D eigenvalue weighted by atomic mass is 10.1. The van der Waals surface area contributed by atoms with Crippen LogP contribution in [0.3, 0.4) is 0 Å². The predicted molar refractivity (Wildman–Crippen MR) is 111 cm³/mol. The first-order valence-electron chi connectivity index (χ1n) is 8.74. The van der Waals surface area contributed by atoms with E-state index in [1.807, 2.05) is 13.8 Å². The number of nitrogens with one attached hydrogen (secondary N) is 2. The van der Waals surface area contributed by atoms with Gasteiger partial charge < -0.3 is 21.1 Å². The van der Waals surface area contributed by atoms with E-state index in [0.717, 1.165) is 12.2 Å². The van der Waals surface area contributed by atoms with Gasteiger partial charge in [0.25, 0.3) is 5.91 Å². The average molecular weight is 392 g/mol. The number of amides is 2. The molecule has 0 radical (unpaired) electrons. The Labute approximate surface area is 165 Å². The molecule has 0 saturated heterocycles. The zero-order valence-corrected chi connectivity index (χ0v) is 16.3. The van der Waals surface area contributed by atoms with E-state index >= 15 is 0 Å². The van der Waals surface area contributed by atoms with E-state index in [1.165, 1.54) is 0 Å². The average Bonchev–Trinajstić information content (AvgIpc) is 2.64. The summed E-state index contributed by atoms with van der Waals surface area (Å²) in [6.07, 6.45) is 1.48. The van der Waals surface area contributed by atoms with E-state index in [-0.39, 0.29) is 24.2 Å². The highest BCUT2D eigenvalue weighted by molar-refractivity contribution is 6.04. The van der Waals surface area contributed by atoms with E-state index in [2.05, 4.69) is 10.6 Å². The maximum Gasteiger partial charge on any atom is 0.255 e. The number of carbonyl (C=O) groups excluding carboxylic acids is 2. The first-order chi connectivity index (χ1) is 12.5. The van der Waals surface area contributed by atoms with Gasteiger partial charge in [0.05, 0.1) is 12.6 Å². The van der Waals surface area contributed by atoms with Crippen LogP contribution in [0.5, 0.6) is 5.75 Å². The molecule has 2 amide bonds. The fourth-order valence-electron chi connectivity index (χ4n) is 2.39. The van der Waals surface area contributed by atoms with Gasteiger partial charge in [0.2, 0.25) is 5.91 Å². The van der Waals surface area contributed by atoms with Gasteiger partial charge in [-0.1, -0.05) is 13.3 Å². The lowest BCUT2D eigenvalue weighted by Crippen LogP contribution is -2.35. The number of benzene rings is 2. The fraction of sp³-hybridized carbons (Fsp3) is 0.300. The summed E-state index contributed by atoms with van der Waals surface area (Å²) in [5.74, 6) is 0.306. The van der Waals surface area contributed by atoms with Crippen molar-refractivity contribution in [2.75, 3.05) is 17.2 Å². The predicted octanol–water partition coefficient (Wildman–Crippen LogP) is 3.83. The summed E-state index contributed by atoms with van der Waals surface area (Å²) in [6, 6.07) is 13.3. The molecule has 0 fully saturated rings. The highest BCUT2D eigenvalue weighted by Crippen LogP contribution is 2.17. The van der Waals surface area contributed by atoms with E-state index in [9.17, 15) is 9.59 Å². The molecular formula is C20H26ClN3O3. The molecule has 0 saturated carbocycles. The van der Waals surface area contributed by atoms with Crippen molar-refractivity contribution in [1.82, 2.24) is 0 Å². The maximum atomic E-state index is 12.3. The summed E-state index contributed by atoms with van der Waals surface area (Å²) in [4.78, 5) is 24.2. The minimum absolute atomic E-state index is 0. The quantitative estimate of drug-likeness (QED) is 0.637. The zero-order chi connectivity index (χ0) is 18.9. The van der Waals surface area contributed by atoms with Gasteiger partial charge in [-0.3, -0.25) is 9.59 Å². The van der Waals surface area contributed by atoms with Crippen LogP contribution >= 0.6 is 12.4 Å². The number of ether oxygens (including phenoxy) is 1. The van der Waals surface area contributed by atoms with Gasteiger partial charge in [-0.25, -0.2) is 0 Å². The van der Waals surface area contributed by atoms with Crippen molar-refractivity contribution in [3.05, 3.63) is 54.1 Å². The number of halogens is 1. The number of hydrogen-bond acceptors (Lipinski definition) is 4. The first kappa shape index (κ1) is 22.5. The Balaban J connectivity index is 0.00000364. The molecule has 0 aromatic heterocycles. The molecule has 4 N–H and O–H groups in total. The van der Waals surface area contributed by atoms with Crippen molar-refractivity contribution in [2.24, 2.45) is 5.73 Å². The molecule has 27 heavy (non-hydrogen) atoms. The van der Waals surface area contributed by atoms with Crippen LogP contribution in [0.2, 0.25) is 0 Å². The summed E-state index contributed by atoms with van der Waals surface area (Å²) in [5.41, 5.74) is 7.57. The van der Waals surface area contributed by atoms with Gasteiger partial charge in [0.1, 0.15) is 5.75 Å². The van der Waals surface area contributed by atoms with Crippen molar-refractivity contribution in [1.29, 1.82) is 0 Å². The molecule has 6 nitrogen and oxygen atoms in total. The SMILES string of the molecule is CCCC(N)C(=O)Nc1ccc(C(=O)Nc2ccc(OCC)cc2)cc1.Cl. The Morgan fingerprint density at radius 2 is 1.52 bits per heavy atom. The van der Waals surface area contributed by atoms with Crippen LogP contribution in [0.1, 0.15) is 37.0 Å². The van der Waals surface area contributed by atoms with E-state index in [4.69, 9.17) is 10.5 Å². The van der Waals surface area contributed by atoms with Gasteiger partial charge in [0.15, 0.2) is 0 Å². The second-order valence-electron chi connectivity index (χ2n) is 5.87. The molecule has 2 aromatic rings. The number of hydrogen-bond donors (Lipinski definition) is 3. The Morgan fingerprint density at radius 3 is 2.07 bits per heavy atom. The van der Waals surface area contributed by atoms with Gasteiger partial charge in [-0.05, 0) is 61.9 Å². The second-order valence-corrected chi connectivity index (χ2v) is 5.87. The van der Waals surface area contributed by atoms with Crippen LogP contribution in [0.15, 0.2) is 48.5 Å². The Hall–Kier alpha value is -2.57. The fourth-order valence-corrected chi connectivity index (χ4v) is 2.39. The van der Waals surface area contributed by atoms with Gasteiger partial charge >= 0.3 is 0 Å². The third-order valence-electron chi connectivity index (χ3n) is 3.77. The Kier molecular flexibility index (Phi) is 9.33. The van der Waals surface area contributed by atoms with Crippen molar-refractivity contribution in [3.63, 3.8) is 0 Å². The summed E-state index contributed by atoms with van der Waals surface area (Å²) in [5, 5.41) is 5.57. The Bertz CT molecular complexity index is 733. The van der Waals surface area contributed by atoms with Gasteiger partial charge in [0, 0.05) is 16.9 Å². The van der Waals surface area contributed by atoms with Crippen molar-refractivity contribution in [3.8, 4) is 5.75 Å². The minimum Gasteiger partial charge on any atom is -0.494 e. The molecule has 0 aliphatic rings. The van der Waals surface area contributed by atoms with Crippen LogP contribution in [-0.4, -0.2) is 24.5 Å². The van der Waals surface area contributed by atoms with Crippen LogP contribution in [0.4, 0.5) is 11.4 Å². The highest BCUT2D eigenvalue weighted by Gasteiger charge is 2.13. The molecular weight excluding hydrogens is 366 g/mol. The molecule has 0 aliphatic heterocycles. The number of rotatable bonds is 8. The highest BCUT2D eigenvalue weighted by atomic mass is 35.5. The second kappa shape index (κ2) is 11.2. The van der Waals surface area contributed by atoms with Crippen LogP contribution in [0.25, 0.3) is 0 Å². The molecule has 0 aliphatic carbocycles. The molecule has 7 heteroatoms. The van der Waals surface area contributed by atoms with Crippen molar-refractivity contribution < 1.29 is 14.3 Å². The minimum atomic E-state index is -0.525. The zero-order valence-electron chi connectivity index (χ0n) is 15.5. The Morgan fingerprint density at radius 1 is 0.963 bits per heavy atom. The third-order valence-corrected chi connectivity index (χ3v) is 3.77. The van der Waals surface area contributed by atoms with Gasteiger partial charge in [-0.2, -0.15) is 0 Å². The third kappa shape index (κ3) is 6.92. The topological polar surface area (TPSA) is 93.5 Å². The van der Waals surface area contributed by atoms with E-state index < -0.39 is 6.04 Å². The lowest BCUT2D eigenvalue weighted by Gasteiger charge is -2.11. The van der Waals surface area contributed by atoms with Crippen LogP contribution < -0.4 is 21.1 Å². The van der Waals surface area contributed by atoms with E-state index in [0.29, 0.717) is 30.0 Å².